The zero-order valence-corrected chi connectivity index (χ0v) is 20.0. The molecule has 1 amide bonds. The van der Waals surface area contributed by atoms with Gasteiger partial charge in [-0.1, -0.05) is 29.3 Å². The minimum atomic E-state index is -0.987. The quantitative estimate of drug-likeness (QED) is 0.287. The Bertz CT molecular complexity index is 1390. The molecule has 1 saturated heterocycles. The highest BCUT2D eigenvalue weighted by Crippen LogP contribution is 2.44. The van der Waals surface area contributed by atoms with E-state index in [9.17, 15) is 19.8 Å². The number of ketones is 1. The van der Waals surface area contributed by atoms with Gasteiger partial charge in [0.25, 0.3) is 11.7 Å². The molecule has 1 unspecified atom stereocenters. The van der Waals surface area contributed by atoms with Gasteiger partial charge in [-0.05, 0) is 60.2 Å². The van der Waals surface area contributed by atoms with Gasteiger partial charge in [-0.2, -0.15) is 0 Å². The number of aliphatic hydroxyl groups is 1. The van der Waals surface area contributed by atoms with Crippen LogP contribution in [0.2, 0.25) is 10.0 Å². The summed E-state index contributed by atoms with van der Waals surface area (Å²) < 4.78 is 5.67. The first-order chi connectivity index (χ1) is 16.8. The lowest BCUT2D eigenvalue weighted by Gasteiger charge is -2.28. The van der Waals surface area contributed by atoms with Gasteiger partial charge in [0.05, 0.1) is 28.9 Å². The molecule has 0 aromatic heterocycles. The molecule has 0 spiro atoms. The van der Waals surface area contributed by atoms with Crippen molar-refractivity contribution in [3.8, 4) is 11.5 Å². The van der Waals surface area contributed by atoms with Crippen molar-refractivity contribution in [2.45, 2.75) is 6.04 Å². The normalized spacial score (nSPS) is 19.0. The SMILES string of the molecule is CN1CCOc2ccc(/C(O)=C3/C(=O)C(=O)N(c4ccc(Cl)cc4)C3c3ccc(O)c(Cl)c3)cc21. The van der Waals surface area contributed by atoms with Gasteiger partial charge in [0.2, 0.25) is 0 Å². The number of carbonyl (C=O) groups is 2. The molecular formula is C26H20Cl2N2O5. The van der Waals surface area contributed by atoms with Gasteiger partial charge in [0.1, 0.15) is 23.9 Å². The number of halogens is 2. The van der Waals surface area contributed by atoms with E-state index in [2.05, 4.69) is 0 Å². The van der Waals surface area contributed by atoms with E-state index in [1.165, 1.54) is 17.0 Å². The van der Waals surface area contributed by atoms with Gasteiger partial charge < -0.3 is 19.8 Å². The maximum Gasteiger partial charge on any atom is 0.300 e. The summed E-state index contributed by atoms with van der Waals surface area (Å²) >= 11 is 12.2. The molecule has 3 aromatic rings. The van der Waals surface area contributed by atoms with Crippen molar-refractivity contribution in [2.24, 2.45) is 0 Å². The fraction of sp³-hybridized carbons (Fsp3) is 0.154. The van der Waals surface area contributed by atoms with Gasteiger partial charge in [-0.25, -0.2) is 0 Å². The molecule has 3 aromatic carbocycles. The number of phenolic OH excluding ortho intramolecular Hbond substituents is 1. The number of phenols is 1. The first kappa shape index (κ1) is 23.1. The number of hydrogen-bond acceptors (Lipinski definition) is 6. The smallest absolute Gasteiger partial charge is 0.300 e. The number of benzene rings is 3. The average Bonchev–Trinajstić information content (AvgIpc) is 3.11. The van der Waals surface area contributed by atoms with E-state index >= 15 is 0 Å². The number of aliphatic hydroxyl groups excluding tert-OH is 1. The summed E-state index contributed by atoms with van der Waals surface area (Å²) in [5.74, 6) is -1.44. The van der Waals surface area contributed by atoms with Gasteiger partial charge in [0, 0.05) is 23.3 Å². The number of amides is 1. The second-order valence-corrected chi connectivity index (χ2v) is 9.15. The number of aromatic hydroxyl groups is 1. The summed E-state index contributed by atoms with van der Waals surface area (Å²) in [7, 11) is 1.91. The van der Waals surface area contributed by atoms with Crippen molar-refractivity contribution in [1.82, 2.24) is 0 Å². The Morgan fingerprint density at radius 3 is 2.49 bits per heavy atom. The van der Waals surface area contributed by atoms with E-state index in [0.29, 0.717) is 40.7 Å². The lowest BCUT2D eigenvalue weighted by molar-refractivity contribution is -0.132. The number of ether oxygens (including phenoxy) is 1. The van der Waals surface area contributed by atoms with Crippen LogP contribution in [0.3, 0.4) is 0 Å². The molecule has 0 radical (unpaired) electrons. The van der Waals surface area contributed by atoms with E-state index in [1.807, 2.05) is 11.9 Å². The number of rotatable bonds is 3. The van der Waals surface area contributed by atoms with Crippen LogP contribution in [0.25, 0.3) is 5.76 Å². The number of fused-ring (bicyclic) bond motifs is 1. The van der Waals surface area contributed by atoms with Gasteiger partial charge in [-0.15, -0.1) is 0 Å². The van der Waals surface area contributed by atoms with Crippen molar-refractivity contribution in [2.75, 3.05) is 30.0 Å². The molecule has 1 fully saturated rings. The van der Waals surface area contributed by atoms with Crippen molar-refractivity contribution in [1.29, 1.82) is 0 Å². The number of Topliss-reactive ketones (excluding diaryl/α,β-unsaturated/α-hetero) is 1. The van der Waals surface area contributed by atoms with E-state index in [-0.39, 0.29) is 22.1 Å². The van der Waals surface area contributed by atoms with E-state index < -0.39 is 17.7 Å². The molecule has 0 saturated carbocycles. The molecule has 2 aliphatic heterocycles. The van der Waals surface area contributed by atoms with Crippen LogP contribution in [-0.2, 0) is 9.59 Å². The fourth-order valence-corrected chi connectivity index (χ4v) is 4.68. The topological polar surface area (TPSA) is 90.3 Å². The highest BCUT2D eigenvalue weighted by Gasteiger charge is 2.47. The first-order valence-corrected chi connectivity index (χ1v) is 11.5. The molecule has 2 N–H and O–H groups in total. The molecule has 2 aliphatic rings. The fourth-order valence-electron chi connectivity index (χ4n) is 4.36. The molecule has 1 atom stereocenters. The van der Waals surface area contributed by atoms with Crippen molar-refractivity contribution in [3.05, 3.63) is 87.4 Å². The average molecular weight is 511 g/mol. The molecule has 2 heterocycles. The summed E-state index contributed by atoms with van der Waals surface area (Å²) in [4.78, 5) is 29.8. The van der Waals surface area contributed by atoms with Crippen molar-refractivity contribution < 1.29 is 24.5 Å². The molecule has 9 heteroatoms. The summed E-state index contributed by atoms with van der Waals surface area (Å²) in [6.45, 7) is 1.22. The predicted molar refractivity (Wildman–Crippen MR) is 135 cm³/mol. The van der Waals surface area contributed by atoms with E-state index in [4.69, 9.17) is 27.9 Å². The third-order valence-electron chi connectivity index (χ3n) is 6.16. The molecule has 0 bridgehead atoms. The molecule has 0 aliphatic carbocycles. The van der Waals surface area contributed by atoms with E-state index in [1.54, 1.807) is 48.5 Å². The van der Waals surface area contributed by atoms with Gasteiger partial charge >= 0.3 is 0 Å². The molecule has 7 nitrogen and oxygen atoms in total. The zero-order chi connectivity index (χ0) is 24.9. The van der Waals surface area contributed by atoms with Crippen LogP contribution in [0.4, 0.5) is 11.4 Å². The van der Waals surface area contributed by atoms with Gasteiger partial charge in [0.15, 0.2) is 0 Å². The first-order valence-electron chi connectivity index (χ1n) is 10.8. The number of nitrogens with zero attached hydrogens (tertiary/aromatic N) is 2. The lowest BCUT2D eigenvalue weighted by Crippen LogP contribution is -2.29. The number of likely N-dealkylation sites (N-methyl/N-ethyl adjacent to an activating group) is 1. The third-order valence-corrected chi connectivity index (χ3v) is 6.72. The Labute approximate surface area is 211 Å². The van der Waals surface area contributed by atoms with Crippen molar-refractivity contribution >= 4 is 52.0 Å². The van der Waals surface area contributed by atoms with Gasteiger partial charge in [-0.3, -0.25) is 14.5 Å². The summed E-state index contributed by atoms with van der Waals surface area (Å²) in [6.07, 6.45) is 0. The maximum atomic E-state index is 13.3. The second-order valence-electron chi connectivity index (χ2n) is 8.31. The Kier molecular flexibility index (Phi) is 5.83. The predicted octanol–water partition coefficient (Wildman–Crippen LogP) is 5.15. The second kappa shape index (κ2) is 8.83. The highest BCUT2D eigenvalue weighted by atomic mass is 35.5. The van der Waals surface area contributed by atoms with Crippen LogP contribution in [-0.4, -0.2) is 42.1 Å². The van der Waals surface area contributed by atoms with Crippen LogP contribution in [0.15, 0.2) is 66.2 Å². The monoisotopic (exact) mass is 510 g/mol. The van der Waals surface area contributed by atoms with Crippen LogP contribution in [0.5, 0.6) is 11.5 Å². The number of anilines is 2. The Hall–Kier alpha value is -3.68. The largest absolute Gasteiger partial charge is 0.507 e. The number of hydrogen-bond donors (Lipinski definition) is 2. The summed E-state index contributed by atoms with van der Waals surface area (Å²) in [5.41, 5.74) is 1.90. The standard InChI is InChI=1S/C26H20Cl2N2O5/c1-29-10-11-35-21-9-3-15(13-19(21)29)24(32)22-23(14-2-8-20(31)18(28)12-14)30(26(34)25(22)33)17-6-4-16(27)5-7-17/h2-9,12-13,23,31-32H,10-11H2,1H3/b24-22-. The third kappa shape index (κ3) is 3.96. The molecular weight excluding hydrogens is 491 g/mol. The van der Waals surface area contributed by atoms with Crippen LogP contribution < -0.4 is 14.5 Å². The molecule has 178 valence electrons. The Morgan fingerprint density at radius 2 is 1.77 bits per heavy atom. The Morgan fingerprint density at radius 1 is 1.03 bits per heavy atom. The summed E-state index contributed by atoms with van der Waals surface area (Å²) in [5, 5.41) is 21.8. The molecule has 5 rings (SSSR count). The van der Waals surface area contributed by atoms with E-state index in [0.717, 1.165) is 5.69 Å². The highest BCUT2D eigenvalue weighted by molar-refractivity contribution is 6.51. The minimum absolute atomic E-state index is 0.0525. The van der Waals surface area contributed by atoms with Crippen molar-refractivity contribution in [3.63, 3.8) is 0 Å². The zero-order valence-electron chi connectivity index (χ0n) is 18.5. The minimum Gasteiger partial charge on any atom is -0.507 e. The maximum absolute atomic E-state index is 13.3. The number of carbonyl (C=O) groups excluding carboxylic acids is 2. The van der Waals surface area contributed by atoms with Crippen LogP contribution >= 0.6 is 23.2 Å². The van der Waals surface area contributed by atoms with Crippen LogP contribution in [0.1, 0.15) is 17.2 Å². The summed E-state index contributed by atoms with van der Waals surface area (Å²) in [6, 6.07) is 15.0. The lowest BCUT2D eigenvalue weighted by atomic mass is 9.94. The Balaban J connectivity index is 1.71. The molecule has 35 heavy (non-hydrogen) atoms. The van der Waals surface area contributed by atoms with Crippen LogP contribution in [0, 0.1) is 0 Å².